The van der Waals surface area contributed by atoms with Gasteiger partial charge in [0.2, 0.25) is 0 Å². The first kappa shape index (κ1) is 13.8. The molecule has 0 saturated heterocycles. The fraction of sp³-hybridized carbons (Fsp3) is 0.0769. The van der Waals surface area contributed by atoms with E-state index in [9.17, 15) is 10.1 Å². The molecule has 98 valence electrons. The molecule has 0 aromatic heterocycles. The molecule has 0 aliphatic carbocycles. The summed E-state index contributed by atoms with van der Waals surface area (Å²) in [4.78, 5) is 10.1. The summed E-state index contributed by atoms with van der Waals surface area (Å²) in [7, 11) is 0. The van der Waals surface area contributed by atoms with Crippen molar-refractivity contribution in [1.29, 1.82) is 0 Å². The lowest BCUT2D eigenvalue weighted by atomic mass is 10.2. The van der Waals surface area contributed by atoms with E-state index in [1.54, 1.807) is 18.2 Å². The Balaban J connectivity index is 2.19. The topological polar surface area (TPSA) is 52.4 Å². The zero-order chi connectivity index (χ0) is 13.8. The molecule has 0 amide bonds. The SMILES string of the molecule is O=[N+]([O-])c1ccc(Oc2ccc(CCl)cc2Br)cc1. The van der Waals surface area contributed by atoms with E-state index in [1.807, 2.05) is 12.1 Å². The predicted octanol–water partition coefficient (Wildman–Crippen LogP) is 4.89. The molecule has 0 N–H and O–H groups in total. The van der Waals surface area contributed by atoms with Crippen molar-refractivity contribution in [3.8, 4) is 11.5 Å². The summed E-state index contributed by atoms with van der Waals surface area (Å²) in [5.41, 5.74) is 1.01. The van der Waals surface area contributed by atoms with Gasteiger partial charge in [-0.05, 0) is 45.8 Å². The van der Waals surface area contributed by atoms with Gasteiger partial charge in [0, 0.05) is 18.0 Å². The van der Waals surface area contributed by atoms with Gasteiger partial charge in [-0.25, -0.2) is 0 Å². The van der Waals surface area contributed by atoms with Crippen molar-refractivity contribution in [2.45, 2.75) is 5.88 Å². The van der Waals surface area contributed by atoms with Crippen LogP contribution in [0.4, 0.5) is 5.69 Å². The molecule has 0 spiro atoms. The Morgan fingerprint density at radius 1 is 1.21 bits per heavy atom. The lowest BCUT2D eigenvalue weighted by Gasteiger charge is -2.08. The third-order valence-corrected chi connectivity index (χ3v) is 3.35. The summed E-state index contributed by atoms with van der Waals surface area (Å²) < 4.78 is 6.41. The maximum atomic E-state index is 10.5. The highest BCUT2D eigenvalue weighted by Crippen LogP contribution is 2.31. The van der Waals surface area contributed by atoms with Crippen LogP contribution in [0.2, 0.25) is 0 Å². The van der Waals surface area contributed by atoms with Crippen molar-refractivity contribution in [3.05, 3.63) is 62.6 Å². The quantitative estimate of drug-likeness (QED) is 0.451. The molecule has 0 heterocycles. The zero-order valence-corrected chi connectivity index (χ0v) is 12.0. The van der Waals surface area contributed by atoms with Crippen LogP contribution in [-0.2, 0) is 5.88 Å². The number of non-ortho nitro benzene ring substituents is 1. The first-order valence-electron chi connectivity index (χ1n) is 5.37. The van der Waals surface area contributed by atoms with Crippen LogP contribution >= 0.6 is 27.5 Å². The number of nitrogens with zero attached hydrogens (tertiary/aromatic N) is 1. The van der Waals surface area contributed by atoms with Crippen molar-refractivity contribution in [1.82, 2.24) is 0 Å². The van der Waals surface area contributed by atoms with E-state index in [2.05, 4.69) is 15.9 Å². The van der Waals surface area contributed by atoms with E-state index in [0.717, 1.165) is 10.0 Å². The molecule has 0 aliphatic rings. The van der Waals surface area contributed by atoms with Crippen LogP contribution in [0, 0.1) is 10.1 Å². The van der Waals surface area contributed by atoms with E-state index >= 15 is 0 Å². The van der Waals surface area contributed by atoms with Crippen molar-refractivity contribution < 1.29 is 9.66 Å². The number of hydrogen-bond acceptors (Lipinski definition) is 3. The summed E-state index contributed by atoms with van der Waals surface area (Å²) in [5.74, 6) is 1.59. The molecular weight excluding hydrogens is 334 g/mol. The van der Waals surface area contributed by atoms with Gasteiger partial charge in [0.05, 0.1) is 9.40 Å². The minimum atomic E-state index is -0.449. The molecule has 0 radical (unpaired) electrons. The van der Waals surface area contributed by atoms with Crippen molar-refractivity contribution in [2.24, 2.45) is 0 Å². The average Bonchev–Trinajstić information content (AvgIpc) is 2.41. The number of nitro groups is 1. The second-order valence-corrected chi connectivity index (χ2v) is 4.87. The lowest BCUT2D eigenvalue weighted by Crippen LogP contribution is -1.89. The molecule has 4 nitrogen and oxygen atoms in total. The fourth-order valence-corrected chi connectivity index (χ4v) is 2.15. The third-order valence-electron chi connectivity index (χ3n) is 2.43. The first-order valence-corrected chi connectivity index (χ1v) is 6.69. The maximum absolute atomic E-state index is 10.5. The summed E-state index contributed by atoms with van der Waals surface area (Å²) in [6.45, 7) is 0. The normalized spacial score (nSPS) is 10.2. The minimum absolute atomic E-state index is 0.0314. The number of nitro benzene ring substituents is 1. The van der Waals surface area contributed by atoms with E-state index in [-0.39, 0.29) is 5.69 Å². The van der Waals surface area contributed by atoms with Gasteiger partial charge in [-0.15, -0.1) is 11.6 Å². The van der Waals surface area contributed by atoms with Crippen molar-refractivity contribution in [3.63, 3.8) is 0 Å². The monoisotopic (exact) mass is 341 g/mol. The van der Waals surface area contributed by atoms with Crippen molar-refractivity contribution in [2.75, 3.05) is 0 Å². The summed E-state index contributed by atoms with van der Waals surface area (Å²) in [5, 5.41) is 10.5. The molecule has 2 aromatic carbocycles. The number of alkyl halides is 1. The van der Waals surface area contributed by atoms with Crippen LogP contribution < -0.4 is 4.74 Å². The average molecular weight is 343 g/mol. The van der Waals surface area contributed by atoms with Gasteiger partial charge in [-0.3, -0.25) is 10.1 Å². The lowest BCUT2D eigenvalue weighted by molar-refractivity contribution is -0.384. The molecule has 0 fully saturated rings. The number of halogens is 2. The Morgan fingerprint density at radius 3 is 2.42 bits per heavy atom. The van der Waals surface area contributed by atoms with E-state index in [1.165, 1.54) is 12.1 Å². The zero-order valence-electron chi connectivity index (χ0n) is 9.68. The number of hydrogen-bond donors (Lipinski definition) is 0. The van der Waals surface area contributed by atoms with Crippen LogP contribution in [0.3, 0.4) is 0 Å². The van der Waals surface area contributed by atoms with Crippen LogP contribution in [0.1, 0.15) is 5.56 Å². The smallest absolute Gasteiger partial charge is 0.269 e. The number of ether oxygens (including phenoxy) is 1. The molecule has 0 aliphatic heterocycles. The van der Waals surface area contributed by atoms with Crippen LogP contribution in [0.5, 0.6) is 11.5 Å². The van der Waals surface area contributed by atoms with Crippen molar-refractivity contribution >= 4 is 33.2 Å². The Kier molecular flexibility index (Phi) is 4.39. The van der Waals surface area contributed by atoms with E-state index < -0.39 is 4.92 Å². The fourth-order valence-electron chi connectivity index (χ4n) is 1.47. The Hall–Kier alpha value is -1.59. The van der Waals surface area contributed by atoms with Gasteiger partial charge in [-0.1, -0.05) is 6.07 Å². The Labute approximate surface area is 123 Å². The van der Waals surface area contributed by atoms with Gasteiger partial charge in [-0.2, -0.15) is 0 Å². The Morgan fingerprint density at radius 2 is 1.89 bits per heavy atom. The van der Waals surface area contributed by atoms with Crippen LogP contribution in [0.15, 0.2) is 46.9 Å². The standard InChI is InChI=1S/C13H9BrClNO3/c14-12-7-9(8-15)1-6-13(12)19-11-4-2-10(3-5-11)16(17)18/h1-7H,8H2. The molecule has 0 bridgehead atoms. The second-order valence-electron chi connectivity index (χ2n) is 3.75. The molecule has 2 aromatic rings. The number of rotatable bonds is 4. The predicted molar refractivity (Wildman–Crippen MR) is 76.9 cm³/mol. The van der Waals surface area contributed by atoms with Gasteiger partial charge < -0.3 is 4.74 Å². The highest BCUT2D eigenvalue weighted by molar-refractivity contribution is 9.10. The van der Waals surface area contributed by atoms with Gasteiger partial charge >= 0.3 is 0 Å². The van der Waals surface area contributed by atoms with E-state index in [0.29, 0.717) is 17.4 Å². The molecule has 6 heteroatoms. The molecule has 0 unspecified atom stereocenters. The molecular formula is C13H9BrClNO3. The maximum Gasteiger partial charge on any atom is 0.269 e. The number of benzene rings is 2. The van der Waals surface area contributed by atoms with Crippen LogP contribution in [0.25, 0.3) is 0 Å². The highest BCUT2D eigenvalue weighted by atomic mass is 79.9. The highest BCUT2D eigenvalue weighted by Gasteiger charge is 2.07. The van der Waals surface area contributed by atoms with E-state index in [4.69, 9.17) is 16.3 Å². The summed E-state index contributed by atoms with van der Waals surface area (Å²) in [6, 6.07) is 11.4. The minimum Gasteiger partial charge on any atom is -0.456 e. The first-order chi connectivity index (χ1) is 9.10. The molecule has 2 rings (SSSR count). The molecule has 0 atom stereocenters. The van der Waals surface area contributed by atoms with Gasteiger partial charge in [0.25, 0.3) is 5.69 Å². The summed E-state index contributed by atoms with van der Waals surface area (Å²) >= 11 is 9.12. The van der Waals surface area contributed by atoms with Gasteiger partial charge in [0.1, 0.15) is 11.5 Å². The molecule has 0 saturated carbocycles. The Bertz CT molecular complexity index is 601. The van der Waals surface area contributed by atoms with Crippen LogP contribution in [-0.4, -0.2) is 4.92 Å². The molecule has 19 heavy (non-hydrogen) atoms. The summed E-state index contributed by atoms with van der Waals surface area (Å²) in [6.07, 6.45) is 0. The largest absolute Gasteiger partial charge is 0.456 e. The van der Waals surface area contributed by atoms with Gasteiger partial charge in [0.15, 0.2) is 0 Å². The third kappa shape index (κ3) is 3.45. The second kappa shape index (κ2) is 6.04.